The van der Waals surface area contributed by atoms with E-state index in [1.807, 2.05) is 66.7 Å². The maximum Gasteiger partial charge on any atom is 0.164 e. The number of aromatic nitrogens is 3. The molecule has 3 aliphatic carbocycles. The number of hydrogen-bond acceptors (Lipinski definition) is 4. The second-order valence-electron chi connectivity index (χ2n) is 14.6. The minimum atomic E-state index is 0.216. The van der Waals surface area contributed by atoms with E-state index in [0.29, 0.717) is 23.0 Å². The quantitative estimate of drug-likeness (QED) is 0.182. The molecule has 0 radical (unpaired) electrons. The van der Waals surface area contributed by atoms with Crippen LogP contribution in [-0.4, -0.2) is 15.0 Å². The van der Waals surface area contributed by atoms with E-state index in [0.717, 1.165) is 56.7 Å². The van der Waals surface area contributed by atoms with Crippen molar-refractivity contribution < 1.29 is 0 Å². The second-order valence-corrected chi connectivity index (χ2v) is 14.6. The number of nitrogens with zero attached hydrogens (tertiary/aromatic N) is 4. The molecule has 2 bridgehead atoms. The van der Waals surface area contributed by atoms with Gasteiger partial charge in [-0.1, -0.05) is 123 Å². The highest BCUT2D eigenvalue weighted by atomic mass is 15.0. The second kappa shape index (κ2) is 12.9. The fourth-order valence-electron chi connectivity index (χ4n) is 8.51. The van der Waals surface area contributed by atoms with E-state index in [-0.39, 0.29) is 5.41 Å². The lowest BCUT2D eigenvalue weighted by Crippen LogP contribution is -2.38. The van der Waals surface area contributed by atoms with Crippen molar-refractivity contribution in [3.63, 3.8) is 0 Å². The minimum absolute atomic E-state index is 0.216. The Morgan fingerprint density at radius 1 is 0.551 bits per heavy atom. The van der Waals surface area contributed by atoms with E-state index >= 15 is 0 Å². The van der Waals surface area contributed by atoms with Gasteiger partial charge in [0.1, 0.15) is 0 Å². The molecule has 49 heavy (non-hydrogen) atoms. The molecule has 0 spiro atoms. The lowest BCUT2D eigenvalue weighted by atomic mass is 9.58. The molecule has 0 amide bonds. The van der Waals surface area contributed by atoms with E-state index in [1.54, 1.807) is 0 Å². The zero-order valence-corrected chi connectivity index (χ0v) is 28.2. The molecule has 0 aliphatic heterocycles. The molecular formula is C45H40N4. The Hall–Kier alpha value is -5.40. The third-order valence-electron chi connectivity index (χ3n) is 10.8. The molecule has 4 heteroatoms. The maximum atomic E-state index is 9.26. The topological polar surface area (TPSA) is 62.5 Å². The van der Waals surface area contributed by atoms with Gasteiger partial charge in [-0.25, -0.2) is 15.0 Å². The zero-order chi connectivity index (χ0) is 33.4. The molecule has 2 atom stereocenters. The van der Waals surface area contributed by atoms with Gasteiger partial charge in [0.15, 0.2) is 17.5 Å². The highest BCUT2D eigenvalue weighted by molar-refractivity contribution is 5.82. The molecule has 240 valence electrons. The van der Waals surface area contributed by atoms with Gasteiger partial charge < -0.3 is 0 Å². The van der Waals surface area contributed by atoms with Gasteiger partial charge >= 0.3 is 0 Å². The Morgan fingerprint density at radius 2 is 1.16 bits per heavy atom. The van der Waals surface area contributed by atoms with Crippen molar-refractivity contribution in [3.8, 4) is 62.5 Å². The van der Waals surface area contributed by atoms with Crippen molar-refractivity contribution in [3.05, 3.63) is 139 Å². The third kappa shape index (κ3) is 6.30. The maximum absolute atomic E-state index is 9.26. The van der Waals surface area contributed by atoms with E-state index in [1.165, 1.54) is 37.7 Å². The van der Waals surface area contributed by atoms with Crippen molar-refractivity contribution >= 4 is 0 Å². The normalized spacial score (nSPS) is 21.5. The van der Waals surface area contributed by atoms with Gasteiger partial charge in [0.25, 0.3) is 0 Å². The van der Waals surface area contributed by atoms with Crippen LogP contribution in [0.4, 0.5) is 0 Å². The van der Waals surface area contributed by atoms with Crippen LogP contribution in [0, 0.1) is 29.1 Å². The van der Waals surface area contributed by atoms with Crippen molar-refractivity contribution in [2.24, 2.45) is 17.8 Å². The van der Waals surface area contributed by atoms with E-state index in [9.17, 15) is 5.26 Å². The van der Waals surface area contributed by atoms with Gasteiger partial charge in [0.2, 0.25) is 0 Å². The Labute approximate surface area is 289 Å². The minimum Gasteiger partial charge on any atom is -0.208 e. The summed E-state index contributed by atoms with van der Waals surface area (Å²) in [5.41, 5.74) is 9.48. The highest BCUT2D eigenvalue weighted by Crippen LogP contribution is 2.51. The Morgan fingerprint density at radius 3 is 1.90 bits per heavy atom. The molecule has 1 heterocycles. The smallest absolute Gasteiger partial charge is 0.164 e. The molecule has 0 N–H and O–H groups in total. The van der Waals surface area contributed by atoms with E-state index in [4.69, 9.17) is 15.0 Å². The predicted molar refractivity (Wildman–Crippen MR) is 198 cm³/mol. The van der Waals surface area contributed by atoms with Crippen LogP contribution in [-0.2, 0) is 5.41 Å². The summed E-state index contributed by atoms with van der Waals surface area (Å²) in [6.45, 7) is 4.95. The van der Waals surface area contributed by atoms with Crippen LogP contribution in [0.15, 0.2) is 127 Å². The number of hydrogen-bond donors (Lipinski definition) is 0. The molecule has 3 aliphatic rings. The lowest BCUT2D eigenvalue weighted by Gasteiger charge is -2.47. The molecule has 1 unspecified atom stereocenters. The summed E-state index contributed by atoms with van der Waals surface area (Å²) in [4.78, 5) is 15.2. The largest absolute Gasteiger partial charge is 0.208 e. The van der Waals surface area contributed by atoms with Gasteiger partial charge in [-0.15, -0.1) is 0 Å². The van der Waals surface area contributed by atoms with Gasteiger partial charge in [-0.05, 0) is 101 Å². The van der Waals surface area contributed by atoms with Crippen LogP contribution in [0.1, 0.15) is 57.1 Å². The number of nitriles is 1. The lowest BCUT2D eigenvalue weighted by molar-refractivity contribution is 0.0834. The van der Waals surface area contributed by atoms with Crippen LogP contribution < -0.4 is 0 Å². The Kier molecular flexibility index (Phi) is 8.14. The molecule has 0 saturated heterocycles. The Balaban J connectivity index is 1.19. The monoisotopic (exact) mass is 636 g/mol. The first-order valence-electron chi connectivity index (χ1n) is 17.6. The number of fused-ring (bicyclic) bond motifs is 4. The summed E-state index contributed by atoms with van der Waals surface area (Å²) >= 11 is 0. The molecule has 5 aromatic carbocycles. The summed E-state index contributed by atoms with van der Waals surface area (Å²) in [7, 11) is 0. The number of rotatable bonds is 6. The summed E-state index contributed by atoms with van der Waals surface area (Å²) in [6.07, 6.45) is 6.79. The zero-order valence-electron chi connectivity index (χ0n) is 28.2. The summed E-state index contributed by atoms with van der Waals surface area (Å²) in [5.74, 6) is 4.51. The van der Waals surface area contributed by atoms with E-state index < -0.39 is 0 Å². The predicted octanol–water partition coefficient (Wildman–Crippen LogP) is 11.2. The molecule has 3 fully saturated rings. The molecule has 1 aromatic heterocycles. The average molecular weight is 637 g/mol. The molecule has 4 nitrogen and oxygen atoms in total. The fourth-order valence-corrected chi connectivity index (χ4v) is 8.51. The van der Waals surface area contributed by atoms with Crippen LogP contribution >= 0.6 is 0 Å². The van der Waals surface area contributed by atoms with Crippen LogP contribution in [0.2, 0.25) is 0 Å². The summed E-state index contributed by atoms with van der Waals surface area (Å²) in [5, 5.41) is 9.26. The molecule has 6 aromatic rings. The van der Waals surface area contributed by atoms with Gasteiger partial charge in [-0.3, -0.25) is 0 Å². The van der Waals surface area contributed by atoms with Crippen molar-refractivity contribution in [2.45, 2.75) is 51.4 Å². The number of benzene rings is 5. The van der Waals surface area contributed by atoms with Crippen LogP contribution in [0.5, 0.6) is 0 Å². The van der Waals surface area contributed by atoms with Gasteiger partial charge in [-0.2, -0.15) is 5.26 Å². The van der Waals surface area contributed by atoms with Crippen molar-refractivity contribution in [1.29, 1.82) is 5.26 Å². The van der Waals surface area contributed by atoms with Gasteiger partial charge in [0, 0.05) is 16.7 Å². The molecular weight excluding hydrogens is 597 g/mol. The molecule has 3 saturated carbocycles. The first kappa shape index (κ1) is 30.9. The highest BCUT2D eigenvalue weighted by Gasteiger charge is 2.41. The standard InChI is InChI=1S/C45H40N4/c1-30-23-32-24-33(25-32)28-45(2,27-30)39-21-19-35(20-22-39)40-13-6-7-14-41(40)44-48-42(36-9-4-3-5-10-36)47-43(49-44)38-12-8-11-37(26-38)34-17-15-31(29-46)16-18-34/h3-22,26,30,32-33H,23-25,27-28H2,1-2H3/t30-,32-,33-,45?/m0/s1. The van der Waals surface area contributed by atoms with Crippen LogP contribution in [0.25, 0.3) is 56.4 Å². The van der Waals surface area contributed by atoms with Gasteiger partial charge in [0.05, 0.1) is 11.6 Å². The summed E-state index contributed by atoms with van der Waals surface area (Å²) < 4.78 is 0. The first-order valence-corrected chi connectivity index (χ1v) is 17.6. The fraction of sp³-hybridized carbons (Fsp3) is 0.244. The third-order valence-corrected chi connectivity index (χ3v) is 10.8. The van der Waals surface area contributed by atoms with Crippen molar-refractivity contribution in [2.75, 3.05) is 0 Å². The molecule has 9 rings (SSSR count). The first-order chi connectivity index (χ1) is 23.9. The SMILES string of the molecule is C[C@@H]1CC(C)(c2ccc(-c3ccccc3-c3nc(-c4ccccc4)nc(-c4cccc(-c5ccc(C#N)cc5)c4)n3)cc2)C[C@H]2C[C@H](C1)C2. The Bertz CT molecular complexity index is 2140. The van der Waals surface area contributed by atoms with Crippen LogP contribution in [0.3, 0.4) is 0 Å². The average Bonchev–Trinajstić information content (AvgIpc) is 3.13. The van der Waals surface area contributed by atoms with E-state index in [2.05, 4.69) is 80.6 Å². The van der Waals surface area contributed by atoms with Crippen molar-refractivity contribution in [1.82, 2.24) is 15.0 Å². The summed E-state index contributed by atoms with van der Waals surface area (Å²) in [6, 6.07) is 46.1.